The maximum Gasteiger partial charge on any atom is 0.259 e. The van der Waals surface area contributed by atoms with E-state index in [1.807, 2.05) is 42.5 Å². The number of carbonyl (C=O) groups excluding carboxylic acids is 1. The molecule has 0 saturated heterocycles. The Hall–Kier alpha value is -2.78. The summed E-state index contributed by atoms with van der Waals surface area (Å²) in [4.78, 5) is 13.2. The van der Waals surface area contributed by atoms with Crippen LogP contribution in [0.25, 0.3) is 0 Å². The van der Waals surface area contributed by atoms with E-state index in [-0.39, 0.29) is 5.91 Å². The van der Waals surface area contributed by atoms with Gasteiger partial charge in [0.05, 0.1) is 5.56 Å². The van der Waals surface area contributed by atoms with Crippen LogP contribution in [-0.2, 0) is 6.61 Å². The van der Waals surface area contributed by atoms with Gasteiger partial charge in [-0.2, -0.15) is 0 Å². The second-order valence-electron chi connectivity index (χ2n) is 7.95. The first-order valence-electron chi connectivity index (χ1n) is 10.3. The highest BCUT2D eigenvalue weighted by Crippen LogP contribution is 2.33. The summed E-state index contributed by atoms with van der Waals surface area (Å²) in [6.07, 6.45) is 0. The van der Waals surface area contributed by atoms with E-state index in [4.69, 9.17) is 16.3 Å². The molecule has 0 aliphatic rings. The van der Waals surface area contributed by atoms with Gasteiger partial charge in [-0.25, -0.2) is 0 Å². The molecular weight excluding hydrogens is 394 g/mol. The Morgan fingerprint density at radius 1 is 0.867 bits per heavy atom. The van der Waals surface area contributed by atoms with Gasteiger partial charge in [0.25, 0.3) is 5.91 Å². The van der Waals surface area contributed by atoms with Crippen LogP contribution in [0.1, 0.15) is 66.6 Å². The predicted octanol–water partition coefficient (Wildman–Crippen LogP) is 7.42. The largest absolute Gasteiger partial charge is 0.488 e. The summed E-state index contributed by atoms with van der Waals surface area (Å²) in [7, 11) is 0. The molecule has 3 rings (SSSR count). The van der Waals surface area contributed by atoms with E-state index in [0.717, 1.165) is 22.4 Å². The Labute approximate surface area is 184 Å². The predicted molar refractivity (Wildman–Crippen MR) is 125 cm³/mol. The first-order valence-corrected chi connectivity index (χ1v) is 10.7. The molecule has 0 heterocycles. The minimum atomic E-state index is -0.181. The lowest BCUT2D eigenvalue weighted by Gasteiger charge is -2.21. The number of rotatable bonds is 7. The third-order valence-corrected chi connectivity index (χ3v) is 5.45. The van der Waals surface area contributed by atoms with Crippen molar-refractivity contribution >= 4 is 23.2 Å². The average Bonchev–Trinajstić information content (AvgIpc) is 2.73. The van der Waals surface area contributed by atoms with E-state index >= 15 is 0 Å². The summed E-state index contributed by atoms with van der Waals surface area (Å²) >= 11 is 6.23. The van der Waals surface area contributed by atoms with Crippen molar-refractivity contribution in [3.05, 3.63) is 94.0 Å². The Balaban J connectivity index is 1.88. The van der Waals surface area contributed by atoms with E-state index in [1.165, 1.54) is 0 Å². The van der Waals surface area contributed by atoms with Gasteiger partial charge in [0, 0.05) is 16.3 Å². The molecule has 0 aromatic heterocycles. The normalized spacial score (nSPS) is 11.0. The molecule has 156 valence electrons. The molecule has 0 saturated carbocycles. The van der Waals surface area contributed by atoms with Gasteiger partial charge in [0.15, 0.2) is 0 Å². The molecule has 4 heteroatoms. The van der Waals surface area contributed by atoms with E-state index in [2.05, 4.69) is 51.2 Å². The highest BCUT2D eigenvalue weighted by atomic mass is 35.5. The van der Waals surface area contributed by atoms with Gasteiger partial charge in [0.2, 0.25) is 0 Å². The van der Waals surface area contributed by atoms with Crippen LogP contribution < -0.4 is 10.1 Å². The standard InChI is InChI=1S/C26H28ClNO2/c1-17(2)20-12-9-13-21(18(3)4)25(20)28-26(29)22-11-6-8-15-24(22)30-16-19-10-5-7-14-23(19)27/h5-15,17-18H,16H2,1-4H3,(H,28,29). The van der Waals surface area contributed by atoms with Crippen LogP contribution in [0.3, 0.4) is 0 Å². The van der Waals surface area contributed by atoms with Gasteiger partial charge in [-0.15, -0.1) is 0 Å². The van der Waals surface area contributed by atoms with Gasteiger partial charge in [-0.1, -0.05) is 87.8 Å². The molecule has 30 heavy (non-hydrogen) atoms. The summed E-state index contributed by atoms with van der Waals surface area (Å²) in [6, 6.07) is 21.0. The van der Waals surface area contributed by atoms with Crippen molar-refractivity contribution in [2.75, 3.05) is 5.32 Å². The van der Waals surface area contributed by atoms with E-state index in [9.17, 15) is 4.79 Å². The van der Waals surface area contributed by atoms with Gasteiger partial charge in [-0.3, -0.25) is 4.79 Å². The number of amides is 1. The van der Waals surface area contributed by atoms with Crippen LogP contribution in [0.5, 0.6) is 5.75 Å². The van der Waals surface area contributed by atoms with E-state index < -0.39 is 0 Å². The van der Waals surface area contributed by atoms with Crippen molar-refractivity contribution in [2.24, 2.45) is 0 Å². The summed E-state index contributed by atoms with van der Waals surface area (Å²) in [5.74, 6) is 0.944. The fourth-order valence-electron chi connectivity index (χ4n) is 3.43. The number of hydrogen-bond donors (Lipinski definition) is 1. The zero-order chi connectivity index (χ0) is 21.7. The number of halogens is 1. The molecule has 0 atom stereocenters. The Morgan fingerprint density at radius 3 is 2.10 bits per heavy atom. The van der Waals surface area contributed by atoms with Crippen LogP contribution in [0.15, 0.2) is 66.7 Å². The average molecular weight is 422 g/mol. The molecule has 0 aliphatic carbocycles. The molecule has 0 spiro atoms. The molecule has 3 aromatic carbocycles. The maximum absolute atomic E-state index is 13.2. The number of benzene rings is 3. The fourth-order valence-corrected chi connectivity index (χ4v) is 3.62. The number of para-hydroxylation sites is 2. The van der Waals surface area contributed by atoms with Gasteiger partial charge in [0.1, 0.15) is 12.4 Å². The third-order valence-electron chi connectivity index (χ3n) is 5.08. The van der Waals surface area contributed by atoms with Crippen LogP contribution in [0, 0.1) is 0 Å². The van der Waals surface area contributed by atoms with Crippen LogP contribution in [0.4, 0.5) is 5.69 Å². The maximum atomic E-state index is 13.2. The van der Waals surface area contributed by atoms with E-state index in [0.29, 0.717) is 34.8 Å². The molecule has 0 fully saturated rings. The van der Waals surface area contributed by atoms with Crippen molar-refractivity contribution in [3.8, 4) is 5.75 Å². The smallest absolute Gasteiger partial charge is 0.259 e. The lowest BCUT2D eigenvalue weighted by Crippen LogP contribution is -2.17. The van der Waals surface area contributed by atoms with Gasteiger partial charge < -0.3 is 10.1 Å². The SMILES string of the molecule is CC(C)c1cccc(C(C)C)c1NC(=O)c1ccccc1OCc1ccccc1Cl. The Bertz CT molecular complexity index is 1000. The van der Waals surface area contributed by atoms with Crippen molar-refractivity contribution in [1.82, 2.24) is 0 Å². The minimum absolute atomic E-state index is 0.181. The molecule has 0 bridgehead atoms. The third kappa shape index (κ3) is 5.03. The molecule has 1 N–H and O–H groups in total. The summed E-state index contributed by atoms with van der Waals surface area (Å²) in [6.45, 7) is 8.83. The first kappa shape index (κ1) is 21.9. The number of anilines is 1. The second-order valence-corrected chi connectivity index (χ2v) is 8.36. The number of nitrogens with one attached hydrogen (secondary N) is 1. The highest BCUT2D eigenvalue weighted by Gasteiger charge is 2.19. The van der Waals surface area contributed by atoms with Crippen molar-refractivity contribution in [1.29, 1.82) is 0 Å². The molecule has 3 nitrogen and oxygen atoms in total. The van der Waals surface area contributed by atoms with Crippen LogP contribution in [-0.4, -0.2) is 5.91 Å². The quantitative estimate of drug-likeness (QED) is 0.431. The Morgan fingerprint density at radius 2 is 1.47 bits per heavy atom. The zero-order valence-electron chi connectivity index (χ0n) is 17.9. The summed E-state index contributed by atoms with van der Waals surface area (Å²) in [5, 5.41) is 3.81. The number of carbonyl (C=O) groups is 1. The summed E-state index contributed by atoms with van der Waals surface area (Å²) < 4.78 is 5.97. The number of ether oxygens (including phenoxy) is 1. The minimum Gasteiger partial charge on any atom is -0.488 e. The highest BCUT2D eigenvalue weighted by molar-refractivity contribution is 6.31. The van der Waals surface area contributed by atoms with Gasteiger partial charge >= 0.3 is 0 Å². The topological polar surface area (TPSA) is 38.3 Å². The lowest BCUT2D eigenvalue weighted by molar-refractivity contribution is 0.102. The molecule has 0 aliphatic heterocycles. The van der Waals surface area contributed by atoms with Crippen LogP contribution >= 0.6 is 11.6 Å². The van der Waals surface area contributed by atoms with E-state index in [1.54, 1.807) is 6.07 Å². The lowest BCUT2D eigenvalue weighted by atomic mass is 9.92. The zero-order valence-corrected chi connectivity index (χ0v) is 18.7. The Kier molecular flexibility index (Phi) is 7.17. The molecule has 0 unspecified atom stereocenters. The summed E-state index contributed by atoms with van der Waals surface area (Å²) in [5.41, 5.74) is 4.53. The molecule has 0 radical (unpaired) electrons. The van der Waals surface area contributed by atoms with Crippen molar-refractivity contribution in [2.45, 2.75) is 46.1 Å². The molecular formula is C26H28ClNO2. The van der Waals surface area contributed by atoms with Gasteiger partial charge in [-0.05, 0) is 41.2 Å². The molecule has 1 amide bonds. The van der Waals surface area contributed by atoms with Crippen molar-refractivity contribution < 1.29 is 9.53 Å². The van der Waals surface area contributed by atoms with Crippen molar-refractivity contribution in [3.63, 3.8) is 0 Å². The molecule has 3 aromatic rings. The van der Waals surface area contributed by atoms with Crippen LogP contribution in [0.2, 0.25) is 5.02 Å². The number of hydrogen-bond acceptors (Lipinski definition) is 2. The second kappa shape index (κ2) is 9.82. The first-order chi connectivity index (χ1) is 14.4. The fraction of sp³-hybridized carbons (Fsp3) is 0.269. The monoisotopic (exact) mass is 421 g/mol.